The van der Waals surface area contributed by atoms with E-state index in [-0.39, 0.29) is 11.9 Å². The van der Waals surface area contributed by atoms with Gasteiger partial charge in [0.25, 0.3) is 5.91 Å². The van der Waals surface area contributed by atoms with Crippen LogP contribution in [0.15, 0.2) is 24.3 Å². The number of nitrogens with zero attached hydrogens (tertiary/aromatic N) is 1. The van der Waals surface area contributed by atoms with E-state index in [1.807, 2.05) is 50.2 Å². The molecule has 1 aromatic rings. The summed E-state index contributed by atoms with van der Waals surface area (Å²) >= 11 is 0. The molecule has 17 heavy (non-hydrogen) atoms. The van der Waals surface area contributed by atoms with E-state index in [9.17, 15) is 4.79 Å². The van der Waals surface area contributed by atoms with Crippen LogP contribution < -0.4 is 10.2 Å². The highest BCUT2D eigenvalue weighted by molar-refractivity contribution is 5.94. The van der Waals surface area contributed by atoms with Gasteiger partial charge in [0.15, 0.2) is 0 Å². The van der Waals surface area contributed by atoms with E-state index in [0.29, 0.717) is 0 Å². The summed E-state index contributed by atoms with van der Waals surface area (Å²) in [6.45, 7) is 4.16. The van der Waals surface area contributed by atoms with Gasteiger partial charge in [0, 0.05) is 31.4 Å². The third-order valence-electron chi connectivity index (χ3n) is 2.75. The van der Waals surface area contributed by atoms with Gasteiger partial charge in [0.05, 0.1) is 0 Å². The summed E-state index contributed by atoms with van der Waals surface area (Å²) in [5, 5.41) is 2.99. The summed E-state index contributed by atoms with van der Waals surface area (Å²) in [5.74, 6) is 0.0104. The minimum atomic E-state index is 0.0104. The number of carbonyl (C=O) groups excluding carboxylic acids is 1. The van der Waals surface area contributed by atoms with Gasteiger partial charge in [-0.15, -0.1) is 0 Å². The summed E-state index contributed by atoms with van der Waals surface area (Å²) in [4.78, 5) is 13.9. The van der Waals surface area contributed by atoms with Crippen molar-refractivity contribution in [1.82, 2.24) is 5.32 Å². The van der Waals surface area contributed by atoms with Crippen molar-refractivity contribution in [3.8, 4) is 0 Å². The topological polar surface area (TPSA) is 32.3 Å². The summed E-state index contributed by atoms with van der Waals surface area (Å²) in [7, 11) is 3.97. The van der Waals surface area contributed by atoms with Crippen LogP contribution in [0.4, 0.5) is 5.69 Å². The van der Waals surface area contributed by atoms with Crippen molar-refractivity contribution in [3.05, 3.63) is 29.8 Å². The Kier molecular flexibility index (Phi) is 5.01. The molecule has 0 spiro atoms. The first kappa shape index (κ1) is 13.6. The summed E-state index contributed by atoms with van der Waals surface area (Å²) < 4.78 is 0. The molecule has 1 rings (SSSR count). The van der Waals surface area contributed by atoms with Crippen LogP contribution in [0, 0.1) is 0 Å². The SMILES string of the molecule is CCC[C@@H](C)NC(=O)c1ccc(N(C)C)cc1. The normalized spacial score (nSPS) is 12.0. The fourth-order valence-electron chi connectivity index (χ4n) is 1.72. The predicted molar refractivity (Wildman–Crippen MR) is 72.6 cm³/mol. The van der Waals surface area contributed by atoms with E-state index >= 15 is 0 Å². The molecule has 0 unspecified atom stereocenters. The standard InChI is InChI=1S/C14H22N2O/c1-5-6-11(2)15-14(17)12-7-9-13(10-8-12)16(3)4/h7-11H,5-6H2,1-4H3,(H,15,17)/t11-/m1/s1. The minimum Gasteiger partial charge on any atom is -0.378 e. The van der Waals surface area contributed by atoms with Crippen molar-refractivity contribution in [2.45, 2.75) is 32.7 Å². The highest BCUT2D eigenvalue weighted by atomic mass is 16.1. The maximum atomic E-state index is 11.9. The Labute approximate surface area is 104 Å². The first-order valence-corrected chi connectivity index (χ1v) is 6.12. The van der Waals surface area contributed by atoms with Gasteiger partial charge < -0.3 is 10.2 Å². The third-order valence-corrected chi connectivity index (χ3v) is 2.75. The second-order valence-corrected chi connectivity index (χ2v) is 4.60. The summed E-state index contributed by atoms with van der Waals surface area (Å²) in [6.07, 6.45) is 2.10. The summed E-state index contributed by atoms with van der Waals surface area (Å²) in [6, 6.07) is 7.88. The predicted octanol–water partition coefficient (Wildman–Crippen LogP) is 2.67. The second kappa shape index (κ2) is 6.28. The number of anilines is 1. The van der Waals surface area contributed by atoms with Crippen LogP contribution in [0.25, 0.3) is 0 Å². The number of rotatable bonds is 5. The van der Waals surface area contributed by atoms with Crippen molar-refractivity contribution in [2.24, 2.45) is 0 Å². The summed E-state index contributed by atoms with van der Waals surface area (Å²) in [5.41, 5.74) is 1.82. The molecule has 3 heteroatoms. The lowest BCUT2D eigenvalue weighted by Crippen LogP contribution is -2.32. The number of nitrogens with one attached hydrogen (secondary N) is 1. The molecule has 0 aliphatic rings. The van der Waals surface area contributed by atoms with Crippen LogP contribution in [0.5, 0.6) is 0 Å². The Hall–Kier alpha value is -1.51. The molecule has 0 radical (unpaired) electrons. The molecule has 0 heterocycles. The second-order valence-electron chi connectivity index (χ2n) is 4.60. The molecule has 1 aromatic carbocycles. The molecule has 0 aliphatic carbocycles. The maximum absolute atomic E-state index is 11.9. The van der Waals surface area contributed by atoms with Crippen molar-refractivity contribution in [3.63, 3.8) is 0 Å². The Morgan fingerprint density at radius 2 is 1.88 bits per heavy atom. The molecule has 1 amide bonds. The largest absolute Gasteiger partial charge is 0.378 e. The van der Waals surface area contributed by atoms with Crippen molar-refractivity contribution >= 4 is 11.6 Å². The molecule has 0 aliphatic heterocycles. The smallest absolute Gasteiger partial charge is 0.251 e. The van der Waals surface area contributed by atoms with E-state index < -0.39 is 0 Å². The van der Waals surface area contributed by atoms with E-state index in [1.54, 1.807) is 0 Å². The zero-order valence-corrected chi connectivity index (χ0v) is 11.2. The fraction of sp³-hybridized carbons (Fsp3) is 0.500. The highest BCUT2D eigenvalue weighted by Gasteiger charge is 2.08. The number of carbonyl (C=O) groups is 1. The Morgan fingerprint density at radius 3 is 2.35 bits per heavy atom. The number of hydrogen-bond donors (Lipinski definition) is 1. The Morgan fingerprint density at radius 1 is 1.29 bits per heavy atom. The quantitative estimate of drug-likeness (QED) is 0.849. The van der Waals surface area contributed by atoms with Gasteiger partial charge in [-0.2, -0.15) is 0 Å². The van der Waals surface area contributed by atoms with Crippen LogP contribution in [-0.2, 0) is 0 Å². The lowest BCUT2D eigenvalue weighted by molar-refractivity contribution is 0.0938. The van der Waals surface area contributed by atoms with E-state index in [4.69, 9.17) is 0 Å². The van der Waals surface area contributed by atoms with Gasteiger partial charge >= 0.3 is 0 Å². The van der Waals surface area contributed by atoms with Gasteiger partial charge in [-0.25, -0.2) is 0 Å². The molecule has 0 bridgehead atoms. The molecular weight excluding hydrogens is 212 g/mol. The first-order valence-electron chi connectivity index (χ1n) is 6.12. The lowest BCUT2D eigenvalue weighted by Gasteiger charge is -2.14. The van der Waals surface area contributed by atoms with E-state index in [2.05, 4.69) is 12.2 Å². The highest BCUT2D eigenvalue weighted by Crippen LogP contribution is 2.12. The van der Waals surface area contributed by atoms with Crippen molar-refractivity contribution < 1.29 is 4.79 Å². The van der Waals surface area contributed by atoms with Crippen LogP contribution in [0.3, 0.4) is 0 Å². The molecule has 0 fully saturated rings. The van der Waals surface area contributed by atoms with Crippen molar-refractivity contribution in [2.75, 3.05) is 19.0 Å². The molecule has 94 valence electrons. The van der Waals surface area contributed by atoms with Crippen LogP contribution in [-0.4, -0.2) is 26.0 Å². The van der Waals surface area contributed by atoms with Crippen LogP contribution >= 0.6 is 0 Å². The molecule has 1 atom stereocenters. The zero-order valence-electron chi connectivity index (χ0n) is 11.2. The lowest BCUT2D eigenvalue weighted by atomic mass is 10.1. The minimum absolute atomic E-state index is 0.0104. The molecule has 1 N–H and O–H groups in total. The zero-order chi connectivity index (χ0) is 12.8. The average Bonchev–Trinajstić information content (AvgIpc) is 2.29. The first-order chi connectivity index (χ1) is 8.04. The Balaban J connectivity index is 2.63. The van der Waals surface area contributed by atoms with E-state index in [1.165, 1.54) is 0 Å². The van der Waals surface area contributed by atoms with Gasteiger partial charge in [-0.3, -0.25) is 4.79 Å². The molecule has 3 nitrogen and oxygen atoms in total. The molecular formula is C14H22N2O. The monoisotopic (exact) mass is 234 g/mol. The van der Waals surface area contributed by atoms with Gasteiger partial charge in [-0.1, -0.05) is 13.3 Å². The maximum Gasteiger partial charge on any atom is 0.251 e. The van der Waals surface area contributed by atoms with Crippen LogP contribution in [0.2, 0.25) is 0 Å². The molecule has 0 saturated carbocycles. The third kappa shape index (κ3) is 4.10. The average molecular weight is 234 g/mol. The van der Waals surface area contributed by atoms with Gasteiger partial charge in [0.1, 0.15) is 0 Å². The number of benzene rings is 1. The van der Waals surface area contributed by atoms with Crippen molar-refractivity contribution in [1.29, 1.82) is 0 Å². The fourth-order valence-corrected chi connectivity index (χ4v) is 1.72. The number of hydrogen-bond acceptors (Lipinski definition) is 2. The van der Waals surface area contributed by atoms with Gasteiger partial charge in [-0.05, 0) is 37.6 Å². The number of amides is 1. The Bertz CT molecular complexity index is 357. The molecule has 0 aromatic heterocycles. The van der Waals surface area contributed by atoms with E-state index in [0.717, 1.165) is 24.1 Å². The van der Waals surface area contributed by atoms with Crippen LogP contribution in [0.1, 0.15) is 37.0 Å². The molecule has 0 saturated heterocycles. The van der Waals surface area contributed by atoms with Gasteiger partial charge in [0.2, 0.25) is 0 Å².